The standard InChI is InChI=1S/C23H28N2O4/c1-3-14-28-19-10-8-18(9-11-19)15-24-22(26)12-13-23(27)25-16-17(2)29-21-7-5-4-6-20(21)25/h4-11,17H,3,12-16H2,1-2H3,(H,24,26). The average Bonchev–Trinajstić information content (AvgIpc) is 2.74. The molecule has 1 aliphatic rings. The molecule has 1 atom stereocenters. The van der Waals surface area contributed by atoms with Gasteiger partial charge >= 0.3 is 0 Å². The minimum absolute atomic E-state index is 0.0693. The second kappa shape index (κ2) is 9.96. The van der Waals surface area contributed by atoms with Crippen molar-refractivity contribution in [2.45, 2.75) is 45.8 Å². The highest BCUT2D eigenvalue weighted by Gasteiger charge is 2.27. The number of nitrogens with zero attached hydrogens (tertiary/aromatic N) is 1. The molecule has 29 heavy (non-hydrogen) atoms. The van der Waals surface area contributed by atoms with Crippen LogP contribution in [-0.2, 0) is 16.1 Å². The molecule has 1 aliphatic heterocycles. The molecule has 2 aromatic rings. The van der Waals surface area contributed by atoms with E-state index in [-0.39, 0.29) is 30.8 Å². The Balaban J connectivity index is 1.46. The Morgan fingerprint density at radius 3 is 2.66 bits per heavy atom. The number of carbonyl (C=O) groups excluding carboxylic acids is 2. The summed E-state index contributed by atoms with van der Waals surface area (Å²) in [5.41, 5.74) is 1.76. The van der Waals surface area contributed by atoms with Gasteiger partial charge in [0.1, 0.15) is 17.6 Å². The number of para-hydroxylation sites is 2. The molecule has 0 saturated heterocycles. The van der Waals surface area contributed by atoms with E-state index in [9.17, 15) is 9.59 Å². The van der Waals surface area contributed by atoms with E-state index < -0.39 is 0 Å². The molecule has 2 aromatic carbocycles. The lowest BCUT2D eigenvalue weighted by Crippen LogP contribution is -2.42. The molecule has 0 spiro atoms. The van der Waals surface area contributed by atoms with Gasteiger partial charge in [-0.15, -0.1) is 0 Å². The number of hydrogen-bond donors (Lipinski definition) is 1. The Bertz CT molecular complexity index is 835. The van der Waals surface area contributed by atoms with Gasteiger partial charge in [0.05, 0.1) is 18.8 Å². The molecule has 0 saturated carbocycles. The van der Waals surface area contributed by atoms with E-state index in [0.717, 1.165) is 23.4 Å². The first-order valence-corrected chi connectivity index (χ1v) is 10.1. The summed E-state index contributed by atoms with van der Waals surface area (Å²) in [4.78, 5) is 26.6. The normalized spacial score (nSPS) is 15.2. The number of rotatable bonds is 8. The maximum absolute atomic E-state index is 12.7. The molecule has 1 unspecified atom stereocenters. The van der Waals surface area contributed by atoms with E-state index in [4.69, 9.17) is 9.47 Å². The van der Waals surface area contributed by atoms with Crippen molar-refractivity contribution >= 4 is 17.5 Å². The van der Waals surface area contributed by atoms with Crippen LogP contribution < -0.4 is 19.7 Å². The van der Waals surface area contributed by atoms with E-state index in [1.165, 1.54) is 0 Å². The second-order valence-electron chi connectivity index (χ2n) is 7.17. The topological polar surface area (TPSA) is 67.9 Å². The number of fused-ring (bicyclic) bond motifs is 1. The van der Waals surface area contributed by atoms with Crippen molar-refractivity contribution in [2.75, 3.05) is 18.1 Å². The zero-order valence-corrected chi connectivity index (χ0v) is 17.0. The molecule has 0 radical (unpaired) electrons. The van der Waals surface area contributed by atoms with Gasteiger partial charge in [-0.25, -0.2) is 0 Å². The number of amides is 2. The summed E-state index contributed by atoms with van der Waals surface area (Å²) in [5.74, 6) is 1.32. The molecule has 1 N–H and O–H groups in total. The van der Waals surface area contributed by atoms with Gasteiger partial charge in [0.25, 0.3) is 0 Å². The summed E-state index contributed by atoms with van der Waals surface area (Å²) in [7, 11) is 0. The minimum atomic E-state index is -0.140. The lowest BCUT2D eigenvalue weighted by Gasteiger charge is -2.33. The van der Waals surface area contributed by atoms with Crippen LogP contribution in [0.2, 0.25) is 0 Å². The van der Waals surface area contributed by atoms with Crippen LogP contribution in [0.1, 0.15) is 38.7 Å². The van der Waals surface area contributed by atoms with Crippen molar-refractivity contribution in [2.24, 2.45) is 0 Å². The lowest BCUT2D eigenvalue weighted by atomic mass is 10.1. The third kappa shape index (κ3) is 5.73. The molecule has 6 nitrogen and oxygen atoms in total. The SMILES string of the molecule is CCCOc1ccc(CNC(=O)CCC(=O)N2CC(C)Oc3ccccc32)cc1. The highest BCUT2D eigenvalue weighted by Crippen LogP contribution is 2.33. The summed E-state index contributed by atoms with van der Waals surface area (Å²) in [6, 6.07) is 15.2. The summed E-state index contributed by atoms with van der Waals surface area (Å²) in [5, 5.41) is 2.87. The third-order valence-corrected chi connectivity index (χ3v) is 4.68. The predicted octanol–water partition coefficient (Wildman–Crippen LogP) is 3.69. The zero-order valence-electron chi connectivity index (χ0n) is 17.0. The number of anilines is 1. The van der Waals surface area contributed by atoms with Crippen LogP contribution in [0.15, 0.2) is 48.5 Å². The van der Waals surface area contributed by atoms with Crippen molar-refractivity contribution < 1.29 is 19.1 Å². The van der Waals surface area contributed by atoms with Crippen LogP contribution in [-0.4, -0.2) is 31.1 Å². The van der Waals surface area contributed by atoms with E-state index in [1.807, 2.05) is 55.5 Å². The fourth-order valence-corrected chi connectivity index (χ4v) is 3.19. The van der Waals surface area contributed by atoms with Crippen LogP contribution in [0.4, 0.5) is 5.69 Å². The number of hydrogen-bond acceptors (Lipinski definition) is 4. The molecule has 0 aromatic heterocycles. The molecule has 6 heteroatoms. The number of ether oxygens (including phenoxy) is 2. The van der Waals surface area contributed by atoms with Gasteiger partial charge in [-0.3, -0.25) is 9.59 Å². The Morgan fingerprint density at radius 1 is 1.14 bits per heavy atom. The zero-order chi connectivity index (χ0) is 20.6. The highest BCUT2D eigenvalue weighted by atomic mass is 16.5. The molecule has 2 amide bonds. The van der Waals surface area contributed by atoms with Crippen molar-refractivity contribution in [3.63, 3.8) is 0 Å². The molecule has 1 heterocycles. The highest BCUT2D eigenvalue weighted by molar-refractivity contribution is 5.97. The number of nitrogens with one attached hydrogen (secondary N) is 1. The molecule has 0 aliphatic carbocycles. The van der Waals surface area contributed by atoms with Gasteiger partial charge in [0.15, 0.2) is 0 Å². The van der Waals surface area contributed by atoms with E-state index in [2.05, 4.69) is 12.2 Å². The van der Waals surface area contributed by atoms with Gasteiger partial charge in [-0.2, -0.15) is 0 Å². The minimum Gasteiger partial charge on any atom is -0.494 e. The maximum atomic E-state index is 12.7. The molecule has 0 fully saturated rings. The van der Waals surface area contributed by atoms with E-state index >= 15 is 0 Å². The lowest BCUT2D eigenvalue weighted by molar-refractivity contribution is -0.125. The van der Waals surface area contributed by atoms with Gasteiger partial charge < -0.3 is 19.7 Å². The molecule has 0 bridgehead atoms. The first-order chi connectivity index (χ1) is 14.1. The Hall–Kier alpha value is -3.02. The summed E-state index contributed by atoms with van der Waals surface area (Å²) >= 11 is 0. The van der Waals surface area contributed by atoms with Crippen molar-refractivity contribution in [1.29, 1.82) is 0 Å². The fourth-order valence-electron chi connectivity index (χ4n) is 3.19. The number of benzene rings is 2. The van der Waals surface area contributed by atoms with Crippen molar-refractivity contribution in [1.82, 2.24) is 5.32 Å². The smallest absolute Gasteiger partial charge is 0.227 e. The number of carbonyl (C=O) groups is 2. The summed E-state index contributed by atoms with van der Waals surface area (Å²) in [6.07, 6.45) is 1.21. The van der Waals surface area contributed by atoms with E-state index in [1.54, 1.807) is 4.90 Å². The van der Waals surface area contributed by atoms with Crippen LogP contribution >= 0.6 is 0 Å². The van der Waals surface area contributed by atoms with Crippen LogP contribution in [0, 0.1) is 0 Å². The second-order valence-corrected chi connectivity index (χ2v) is 7.17. The van der Waals surface area contributed by atoms with Crippen LogP contribution in [0.3, 0.4) is 0 Å². The molecular formula is C23H28N2O4. The van der Waals surface area contributed by atoms with Gasteiger partial charge in [0.2, 0.25) is 11.8 Å². The van der Waals surface area contributed by atoms with Crippen molar-refractivity contribution in [3.05, 3.63) is 54.1 Å². The van der Waals surface area contributed by atoms with E-state index in [0.29, 0.717) is 25.4 Å². The van der Waals surface area contributed by atoms with Crippen LogP contribution in [0.25, 0.3) is 0 Å². The first-order valence-electron chi connectivity index (χ1n) is 10.1. The Labute approximate surface area is 171 Å². The fraction of sp³-hybridized carbons (Fsp3) is 0.391. The van der Waals surface area contributed by atoms with Gasteiger partial charge in [-0.05, 0) is 43.2 Å². The van der Waals surface area contributed by atoms with Crippen LogP contribution in [0.5, 0.6) is 11.5 Å². The van der Waals surface area contributed by atoms with Gasteiger partial charge in [-0.1, -0.05) is 31.2 Å². The van der Waals surface area contributed by atoms with Gasteiger partial charge in [0, 0.05) is 19.4 Å². The molecule has 154 valence electrons. The first kappa shape index (κ1) is 20.7. The van der Waals surface area contributed by atoms with Crippen molar-refractivity contribution in [3.8, 4) is 11.5 Å². The maximum Gasteiger partial charge on any atom is 0.227 e. The molecular weight excluding hydrogens is 368 g/mol. The average molecular weight is 396 g/mol. The Morgan fingerprint density at radius 2 is 1.90 bits per heavy atom. The molecule has 3 rings (SSSR count). The monoisotopic (exact) mass is 396 g/mol. The summed E-state index contributed by atoms with van der Waals surface area (Å²) < 4.78 is 11.3. The predicted molar refractivity (Wildman–Crippen MR) is 112 cm³/mol. The Kier molecular flexibility index (Phi) is 7.11. The quantitative estimate of drug-likeness (QED) is 0.739. The third-order valence-electron chi connectivity index (χ3n) is 4.68. The largest absolute Gasteiger partial charge is 0.494 e. The summed E-state index contributed by atoms with van der Waals surface area (Å²) in [6.45, 7) is 5.60.